The monoisotopic (exact) mass is 329 g/mol. The summed E-state index contributed by atoms with van der Waals surface area (Å²) in [4.78, 5) is 33.2. The van der Waals surface area contributed by atoms with Gasteiger partial charge in [-0.3, -0.25) is 9.59 Å². The molecule has 3 aliphatic rings. The van der Waals surface area contributed by atoms with Crippen LogP contribution in [0, 0.1) is 0 Å². The van der Waals surface area contributed by atoms with Gasteiger partial charge in [0.05, 0.1) is 29.4 Å². The number of carbonyl (C=O) groups excluding carboxylic acids is 2. The lowest BCUT2D eigenvalue weighted by Crippen LogP contribution is -2.38. The zero-order valence-electron chi connectivity index (χ0n) is 12.6. The van der Waals surface area contributed by atoms with Gasteiger partial charge < -0.3 is 14.5 Å². The van der Waals surface area contributed by atoms with E-state index in [0.29, 0.717) is 41.9 Å². The van der Waals surface area contributed by atoms with Crippen molar-refractivity contribution in [1.82, 2.24) is 4.90 Å². The molecule has 3 heterocycles. The molecule has 118 valence electrons. The molecule has 0 radical (unpaired) electrons. The summed E-state index contributed by atoms with van der Waals surface area (Å²) >= 11 is 1.29. The standard InChI is InChI=1S/C16H15N3O3S/c1-18-11-5-3-2-4-10(11)12(15(18)21)13-14(20)17-16(23-13)19-6-8-22-9-7-19/h2-5H,6-9H2,1H3/b13-12-. The lowest BCUT2D eigenvalue weighted by Gasteiger charge is -2.27. The third-order valence-corrected chi connectivity index (χ3v) is 5.26. The number of morpholine rings is 1. The summed E-state index contributed by atoms with van der Waals surface area (Å²) in [6, 6.07) is 7.52. The molecular weight excluding hydrogens is 314 g/mol. The Morgan fingerprint density at radius 3 is 2.70 bits per heavy atom. The molecule has 0 aliphatic carbocycles. The van der Waals surface area contributed by atoms with Gasteiger partial charge >= 0.3 is 0 Å². The summed E-state index contributed by atoms with van der Waals surface area (Å²) < 4.78 is 5.33. The predicted octanol–water partition coefficient (Wildman–Crippen LogP) is 1.34. The number of rotatable bonds is 0. The van der Waals surface area contributed by atoms with Crippen molar-refractivity contribution in [3.8, 4) is 0 Å². The highest BCUT2D eigenvalue weighted by Gasteiger charge is 2.38. The number of amidine groups is 1. The van der Waals surface area contributed by atoms with Gasteiger partial charge in [-0.15, -0.1) is 0 Å². The number of thioether (sulfide) groups is 1. The molecule has 0 spiro atoms. The molecule has 7 heteroatoms. The van der Waals surface area contributed by atoms with E-state index in [-0.39, 0.29) is 11.8 Å². The number of para-hydroxylation sites is 1. The van der Waals surface area contributed by atoms with Crippen LogP contribution in [0.4, 0.5) is 5.69 Å². The van der Waals surface area contributed by atoms with Gasteiger partial charge in [-0.25, -0.2) is 0 Å². The van der Waals surface area contributed by atoms with Gasteiger partial charge in [0.2, 0.25) is 0 Å². The number of nitrogens with zero attached hydrogens (tertiary/aromatic N) is 3. The van der Waals surface area contributed by atoms with Gasteiger partial charge in [-0.05, 0) is 17.8 Å². The van der Waals surface area contributed by atoms with Gasteiger partial charge in [0.1, 0.15) is 0 Å². The third kappa shape index (κ3) is 2.27. The van der Waals surface area contributed by atoms with Crippen LogP contribution in [0.1, 0.15) is 5.56 Å². The molecule has 23 heavy (non-hydrogen) atoms. The van der Waals surface area contributed by atoms with E-state index < -0.39 is 0 Å². The lowest BCUT2D eigenvalue weighted by molar-refractivity contribution is -0.115. The average Bonchev–Trinajstić information content (AvgIpc) is 3.08. The van der Waals surface area contributed by atoms with Gasteiger partial charge in [0, 0.05) is 25.7 Å². The molecule has 0 bridgehead atoms. The topological polar surface area (TPSA) is 62.2 Å². The number of likely N-dealkylation sites (N-methyl/N-ethyl adjacent to an activating group) is 1. The van der Waals surface area contributed by atoms with E-state index in [1.54, 1.807) is 11.9 Å². The smallest absolute Gasteiger partial charge is 0.287 e. The van der Waals surface area contributed by atoms with E-state index in [9.17, 15) is 9.59 Å². The first kappa shape index (κ1) is 14.5. The second kappa shape index (κ2) is 5.50. The molecule has 0 N–H and O–H groups in total. The number of ether oxygens (including phenoxy) is 1. The van der Waals surface area contributed by atoms with E-state index in [0.717, 1.165) is 11.3 Å². The molecule has 6 nitrogen and oxygen atoms in total. The first-order valence-electron chi connectivity index (χ1n) is 7.42. The predicted molar refractivity (Wildman–Crippen MR) is 89.2 cm³/mol. The second-order valence-electron chi connectivity index (χ2n) is 5.49. The highest BCUT2D eigenvalue weighted by Crippen LogP contribution is 2.42. The molecule has 1 fully saturated rings. The normalized spacial score (nSPS) is 24.3. The third-order valence-electron chi connectivity index (χ3n) is 4.15. The molecule has 1 saturated heterocycles. The first-order valence-corrected chi connectivity index (χ1v) is 8.24. The fourth-order valence-electron chi connectivity index (χ4n) is 2.93. The Bertz CT molecular complexity index is 766. The SMILES string of the molecule is CN1C(=O)/C(=C2\SC(N3CCOCC3)=NC2=O)c2ccccc21. The van der Waals surface area contributed by atoms with Crippen molar-refractivity contribution < 1.29 is 14.3 Å². The fourth-order valence-corrected chi connectivity index (χ4v) is 3.99. The zero-order valence-corrected chi connectivity index (χ0v) is 13.4. The maximum atomic E-state index is 12.6. The minimum absolute atomic E-state index is 0.152. The highest BCUT2D eigenvalue weighted by atomic mass is 32.2. The quantitative estimate of drug-likeness (QED) is 0.672. The van der Waals surface area contributed by atoms with Crippen molar-refractivity contribution in [2.75, 3.05) is 38.3 Å². The number of benzene rings is 1. The average molecular weight is 329 g/mol. The number of fused-ring (bicyclic) bond motifs is 1. The molecule has 4 rings (SSSR count). The van der Waals surface area contributed by atoms with Crippen LogP contribution in [-0.2, 0) is 14.3 Å². The molecule has 2 amide bonds. The zero-order chi connectivity index (χ0) is 16.0. The Balaban J connectivity index is 1.72. The summed E-state index contributed by atoms with van der Waals surface area (Å²) in [6.45, 7) is 2.69. The molecule has 1 aromatic rings. The van der Waals surface area contributed by atoms with Gasteiger partial charge in [-0.1, -0.05) is 18.2 Å². The molecule has 0 aromatic heterocycles. The fraction of sp³-hybridized carbons (Fsp3) is 0.312. The van der Waals surface area contributed by atoms with Crippen molar-refractivity contribution in [2.24, 2.45) is 4.99 Å². The first-order chi connectivity index (χ1) is 11.2. The van der Waals surface area contributed by atoms with Crippen LogP contribution >= 0.6 is 11.8 Å². The number of hydrogen-bond donors (Lipinski definition) is 0. The molecular formula is C16H15N3O3S. The molecule has 1 aromatic carbocycles. The Labute approximate surface area is 137 Å². The molecule has 0 saturated carbocycles. The van der Waals surface area contributed by atoms with Crippen molar-refractivity contribution >= 4 is 40.0 Å². The molecule has 0 atom stereocenters. The summed E-state index contributed by atoms with van der Waals surface area (Å²) in [5.74, 6) is -0.481. The molecule has 0 unspecified atom stereocenters. The van der Waals surface area contributed by atoms with Gasteiger partial charge in [0.25, 0.3) is 11.8 Å². The van der Waals surface area contributed by atoms with Gasteiger partial charge in [-0.2, -0.15) is 4.99 Å². The van der Waals surface area contributed by atoms with Crippen molar-refractivity contribution in [3.63, 3.8) is 0 Å². The van der Waals surface area contributed by atoms with E-state index in [1.165, 1.54) is 11.8 Å². The van der Waals surface area contributed by atoms with Crippen LogP contribution in [0.2, 0.25) is 0 Å². The Morgan fingerprint density at radius 2 is 1.91 bits per heavy atom. The lowest BCUT2D eigenvalue weighted by atomic mass is 10.1. The number of hydrogen-bond acceptors (Lipinski definition) is 5. The van der Waals surface area contributed by atoms with Crippen molar-refractivity contribution in [2.45, 2.75) is 0 Å². The largest absolute Gasteiger partial charge is 0.378 e. The van der Waals surface area contributed by atoms with Crippen LogP contribution in [-0.4, -0.2) is 55.2 Å². The summed E-state index contributed by atoms with van der Waals surface area (Å²) in [5.41, 5.74) is 2.09. The van der Waals surface area contributed by atoms with Gasteiger partial charge in [0.15, 0.2) is 5.17 Å². The number of anilines is 1. The minimum Gasteiger partial charge on any atom is -0.378 e. The van der Waals surface area contributed by atoms with E-state index in [2.05, 4.69) is 4.99 Å². The highest BCUT2D eigenvalue weighted by molar-refractivity contribution is 8.18. The Morgan fingerprint density at radius 1 is 1.17 bits per heavy atom. The number of amides is 2. The van der Waals surface area contributed by atoms with E-state index >= 15 is 0 Å². The Kier molecular flexibility index (Phi) is 3.46. The van der Waals surface area contributed by atoms with Crippen LogP contribution in [0.25, 0.3) is 5.57 Å². The van der Waals surface area contributed by atoms with Crippen molar-refractivity contribution in [1.29, 1.82) is 0 Å². The minimum atomic E-state index is -0.329. The summed E-state index contributed by atoms with van der Waals surface area (Å²) in [6.07, 6.45) is 0. The number of carbonyl (C=O) groups is 2. The van der Waals surface area contributed by atoms with Crippen LogP contribution in [0.15, 0.2) is 34.2 Å². The van der Waals surface area contributed by atoms with Crippen molar-refractivity contribution in [3.05, 3.63) is 34.7 Å². The van der Waals surface area contributed by atoms with Crippen LogP contribution < -0.4 is 4.90 Å². The second-order valence-corrected chi connectivity index (χ2v) is 6.46. The van der Waals surface area contributed by atoms with E-state index in [1.807, 2.05) is 29.2 Å². The summed E-state index contributed by atoms with van der Waals surface area (Å²) in [7, 11) is 1.72. The maximum absolute atomic E-state index is 12.6. The van der Waals surface area contributed by atoms with E-state index in [4.69, 9.17) is 4.74 Å². The number of aliphatic imine (C=N–C) groups is 1. The Hall–Kier alpha value is -2.12. The summed E-state index contributed by atoms with van der Waals surface area (Å²) in [5, 5.41) is 0.667. The van der Waals surface area contributed by atoms with Crippen LogP contribution in [0.5, 0.6) is 0 Å². The molecule has 3 aliphatic heterocycles. The maximum Gasteiger partial charge on any atom is 0.287 e. The van der Waals surface area contributed by atoms with Crippen LogP contribution in [0.3, 0.4) is 0 Å².